The van der Waals surface area contributed by atoms with Gasteiger partial charge in [0.15, 0.2) is 5.84 Å². The number of nitrogen functional groups attached to an aromatic ring is 1. The van der Waals surface area contributed by atoms with Crippen molar-refractivity contribution in [1.29, 1.82) is 10.8 Å². The number of hydrogen-bond acceptors (Lipinski definition) is 9. The van der Waals surface area contributed by atoms with Crippen molar-refractivity contribution in [3.8, 4) is 0 Å². The van der Waals surface area contributed by atoms with Crippen LogP contribution in [0.1, 0.15) is 49.9 Å². The molecule has 0 radical (unpaired) electrons. The summed E-state index contributed by atoms with van der Waals surface area (Å²) in [5, 5.41) is 30.0. The van der Waals surface area contributed by atoms with Crippen LogP contribution >= 0.6 is 0 Å². The van der Waals surface area contributed by atoms with Crippen molar-refractivity contribution in [3.05, 3.63) is 83.2 Å². The van der Waals surface area contributed by atoms with E-state index in [1.807, 2.05) is 43.0 Å². The van der Waals surface area contributed by atoms with Crippen LogP contribution in [0.5, 0.6) is 0 Å². The number of nitrogens with zero attached hydrogens (tertiary/aromatic N) is 6. The SMILES string of the molecule is CN/C=N\C(=N)c1ccc(C2=CCN(C(=O)CN3CC[C@]4(CCN(c5ccc(N)c(C(=N)C6=CN(C(C)C)C(O)C=C6)n5)C4=O)C3)CC2)cc1. The van der Waals surface area contributed by atoms with Crippen LogP contribution < -0.4 is 16.0 Å². The Morgan fingerprint density at radius 3 is 2.62 bits per heavy atom. The fourth-order valence-corrected chi connectivity index (χ4v) is 7.12. The number of benzene rings is 1. The molecule has 1 aromatic heterocycles. The van der Waals surface area contributed by atoms with Crippen molar-refractivity contribution in [2.24, 2.45) is 10.4 Å². The van der Waals surface area contributed by atoms with E-state index in [4.69, 9.17) is 21.5 Å². The molecule has 50 heavy (non-hydrogen) atoms. The summed E-state index contributed by atoms with van der Waals surface area (Å²) in [6, 6.07) is 11.2. The van der Waals surface area contributed by atoms with E-state index in [-0.39, 0.29) is 41.6 Å². The largest absolute Gasteiger partial charge is 0.397 e. The molecule has 1 aromatic carbocycles. The minimum atomic E-state index is -0.769. The van der Waals surface area contributed by atoms with Gasteiger partial charge in [-0.05, 0) is 69.0 Å². The number of rotatable bonds is 9. The topological polar surface area (TPSA) is 178 Å². The zero-order chi connectivity index (χ0) is 35.6. The smallest absolute Gasteiger partial charge is 0.237 e. The van der Waals surface area contributed by atoms with Gasteiger partial charge in [-0.1, -0.05) is 36.4 Å². The predicted octanol–water partition coefficient (Wildman–Crippen LogP) is 2.83. The molecule has 0 saturated carbocycles. The molecular formula is C37H46N10O3. The molecule has 13 nitrogen and oxygen atoms in total. The second-order valence-corrected chi connectivity index (χ2v) is 13.6. The second-order valence-electron chi connectivity index (χ2n) is 13.6. The summed E-state index contributed by atoms with van der Waals surface area (Å²) in [6.07, 6.45) is 9.97. The van der Waals surface area contributed by atoms with E-state index in [2.05, 4.69) is 21.3 Å². The van der Waals surface area contributed by atoms with Gasteiger partial charge < -0.3 is 26.0 Å². The summed E-state index contributed by atoms with van der Waals surface area (Å²) in [4.78, 5) is 43.5. The number of pyridine rings is 1. The lowest BCUT2D eigenvalue weighted by atomic mass is 9.85. The number of carbonyl (C=O) groups is 2. The minimum Gasteiger partial charge on any atom is -0.397 e. The highest BCUT2D eigenvalue weighted by atomic mass is 16.3. The molecule has 1 unspecified atom stereocenters. The maximum absolute atomic E-state index is 14.0. The number of carbonyl (C=O) groups excluding carboxylic acids is 2. The van der Waals surface area contributed by atoms with E-state index in [9.17, 15) is 14.7 Å². The number of anilines is 2. The zero-order valence-electron chi connectivity index (χ0n) is 28.9. The molecule has 0 aliphatic carbocycles. The lowest BCUT2D eigenvalue weighted by Gasteiger charge is -2.32. The van der Waals surface area contributed by atoms with Crippen molar-refractivity contribution in [2.45, 2.75) is 45.4 Å². The molecule has 13 heteroatoms. The lowest BCUT2D eigenvalue weighted by Crippen LogP contribution is -2.43. The summed E-state index contributed by atoms with van der Waals surface area (Å²) < 4.78 is 0. The van der Waals surface area contributed by atoms with Gasteiger partial charge in [0.2, 0.25) is 11.8 Å². The van der Waals surface area contributed by atoms with Gasteiger partial charge >= 0.3 is 0 Å². The maximum Gasteiger partial charge on any atom is 0.237 e. The van der Waals surface area contributed by atoms with Crippen LogP contribution in [0.3, 0.4) is 0 Å². The summed E-state index contributed by atoms with van der Waals surface area (Å²) in [5.41, 5.74) is 10.0. The summed E-state index contributed by atoms with van der Waals surface area (Å²) in [6.45, 7) is 7.05. The number of hydrogen-bond donors (Lipinski definition) is 5. The quantitative estimate of drug-likeness (QED) is 0.199. The van der Waals surface area contributed by atoms with Gasteiger partial charge in [0.05, 0.1) is 29.7 Å². The number of aromatic nitrogens is 1. The molecule has 2 atom stereocenters. The molecule has 2 aromatic rings. The summed E-state index contributed by atoms with van der Waals surface area (Å²) >= 11 is 0. The normalized spacial score (nSPS) is 22.5. The highest BCUT2D eigenvalue weighted by Gasteiger charge is 2.51. The summed E-state index contributed by atoms with van der Waals surface area (Å²) in [7, 11) is 1.74. The third-order valence-corrected chi connectivity index (χ3v) is 10.1. The van der Waals surface area contributed by atoms with Crippen LogP contribution in [0.15, 0.2) is 71.4 Å². The van der Waals surface area contributed by atoms with Gasteiger partial charge in [0, 0.05) is 56.6 Å². The number of amides is 2. The molecule has 2 saturated heterocycles. The van der Waals surface area contributed by atoms with Crippen LogP contribution in [0.25, 0.3) is 5.57 Å². The van der Waals surface area contributed by atoms with Gasteiger partial charge in [-0.25, -0.2) is 9.98 Å². The number of aliphatic hydroxyl groups is 1. The number of nitrogens with two attached hydrogens (primary N) is 1. The van der Waals surface area contributed by atoms with Crippen molar-refractivity contribution in [3.63, 3.8) is 0 Å². The van der Waals surface area contributed by atoms with E-state index in [0.717, 1.165) is 17.5 Å². The average Bonchev–Trinajstić information content (AvgIpc) is 3.68. The Morgan fingerprint density at radius 1 is 1.16 bits per heavy atom. The van der Waals surface area contributed by atoms with Crippen LogP contribution in [0, 0.1) is 16.2 Å². The highest BCUT2D eigenvalue weighted by molar-refractivity contribution is 6.14. The van der Waals surface area contributed by atoms with E-state index in [1.54, 1.807) is 47.3 Å². The van der Waals surface area contributed by atoms with Crippen LogP contribution in [-0.4, -0.2) is 113 Å². The van der Waals surface area contributed by atoms with Crippen molar-refractivity contribution in [2.75, 3.05) is 56.9 Å². The molecule has 4 aliphatic rings. The third-order valence-electron chi connectivity index (χ3n) is 10.1. The number of aliphatic imine (C=N–C) groups is 1. The van der Waals surface area contributed by atoms with E-state index in [1.165, 1.54) is 11.9 Å². The van der Waals surface area contributed by atoms with E-state index in [0.29, 0.717) is 62.6 Å². The number of likely N-dealkylation sites (tertiary alicyclic amines) is 1. The van der Waals surface area contributed by atoms with E-state index < -0.39 is 11.6 Å². The first-order chi connectivity index (χ1) is 24.0. The standard InChI is InChI=1S/C37H46N10O3/c1-24(2)47-20-28(8-11-31(47)48)33(39)34-29(38)9-10-30(43-34)46-19-15-37(36(46)50)14-18-44(22-37)21-32(49)45-16-12-26(13-17-45)25-4-6-27(7-5-25)35(40)42-23-41-3/h4-12,20,23-24,31,39,48H,13-19,21-22,38H2,1-3H3,(H2,40,41,42)/t31?,37-/m0/s1. The van der Waals surface area contributed by atoms with Crippen LogP contribution in [0.2, 0.25) is 0 Å². The number of amidine groups is 1. The predicted molar refractivity (Wildman–Crippen MR) is 196 cm³/mol. The number of allylic oxidation sites excluding steroid dienone is 2. The first kappa shape index (κ1) is 34.7. The van der Waals surface area contributed by atoms with Crippen molar-refractivity contribution < 1.29 is 14.7 Å². The van der Waals surface area contributed by atoms with Gasteiger partial charge in [0.25, 0.3) is 0 Å². The van der Waals surface area contributed by atoms with Gasteiger partial charge in [-0.3, -0.25) is 30.2 Å². The Labute approximate surface area is 292 Å². The Balaban J connectivity index is 1.05. The van der Waals surface area contributed by atoms with Crippen molar-refractivity contribution >= 4 is 46.8 Å². The monoisotopic (exact) mass is 678 g/mol. The molecule has 2 amide bonds. The molecule has 1 spiro atoms. The second kappa shape index (κ2) is 14.4. The first-order valence-electron chi connectivity index (χ1n) is 17.1. The first-order valence-corrected chi connectivity index (χ1v) is 17.1. The van der Waals surface area contributed by atoms with Crippen LogP contribution in [0.4, 0.5) is 11.5 Å². The molecule has 262 valence electrons. The molecule has 2 fully saturated rings. The zero-order valence-corrected chi connectivity index (χ0v) is 28.9. The van der Waals surface area contributed by atoms with Gasteiger partial charge in [-0.15, -0.1) is 0 Å². The molecular weight excluding hydrogens is 632 g/mol. The Bertz CT molecular complexity index is 1800. The van der Waals surface area contributed by atoms with Crippen LogP contribution in [-0.2, 0) is 9.59 Å². The Morgan fingerprint density at radius 2 is 1.92 bits per heavy atom. The van der Waals surface area contributed by atoms with Gasteiger partial charge in [-0.2, -0.15) is 0 Å². The molecule has 6 N–H and O–H groups in total. The average molecular weight is 679 g/mol. The molecule has 0 bridgehead atoms. The highest BCUT2D eigenvalue weighted by Crippen LogP contribution is 2.42. The number of aliphatic hydroxyl groups excluding tert-OH is 1. The molecule has 5 heterocycles. The minimum absolute atomic E-state index is 0.00591. The van der Waals surface area contributed by atoms with Gasteiger partial charge in [0.1, 0.15) is 17.7 Å². The number of nitrogens with one attached hydrogen (secondary N) is 3. The fraction of sp³-hybridized carbons (Fsp3) is 0.405. The van der Waals surface area contributed by atoms with Crippen molar-refractivity contribution in [1.82, 2.24) is 25.0 Å². The van der Waals surface area contributed by atoms with E-state index >= 15 is 0 Å². The fourth-order valence-electron chi connectivity index (χ4n) is 7.12. The molecule has 4 aliphatic heterocycles. The Kier molecular flexibility index (Phi) is 9.98. The Hall–Kier alpha value is -5.14. The molecule has 6 rings (SSSR count). The third kappa shape index (κ3) is 6.96. The maximum atomic E-state index is 14.0. The lowest BCUT2D eigenvalue weighted by molar-refractivity contribution is -0.132. The summed E-state index contributed by atoms with van der Waals surface area (Å²) in [5.74, 6) is 0.704.